The molecular weight excluding hydrogens is 751 g/mol. The Bertz CT molecular complexity index is 2410. The molecule has 3 amide bonds. The van der Waals surface area contributed by atoms with Crippen molar-refractivity contribution in [1.82, 2.24) is 25.1 Å². The number of ether oxygens (including phenoxy) is 5. The Morgan fingerprint density at radius 2 is 1.61 bits per heavy atom. The van der Waals surface area contributed by atoms with E-state index in [1.165, 1.54) is 0 Å². The SMILES string of the molecule is C#Cc1cc(Cc2nccc(Oc3ccc(NC(=O)Nc4cc(C(C)C)nn4-c4ccc(OC)cc4)c4ccccc34)n2)cc(C(=O)NCCOCCOCCOC)c1. The Kier molecular flexibility index (Phi) is 14.6. The number of benzene rings is 4. The normalized spacial score (nSPS) is 11.0. The fourth-order valence-electron chi connectivity index (χ4n) is 6.06. The number of hydrogen-bond acceptors (Lipinski definition) is 10. The van der Waals surface area contributed by atoms with Gasteiger partial charge in [-0.2, -0.15) is 10.1 Å². The minimum atomic E-state index is -0.437. The summed E-state index contributed by atoms with van der Waals surface area (Å²) in [6.45, 7) is 6.64. The van der Waals surface area contributed by atoms with Crippen LogP contribution in [-0.4, -0.2) is 85.5 Å². The molecule has 0 fully saturated rings. The maximum absolute atomic E-state index is 13.5. The van der Waals surface area contributed by atoms with Gasteiger partial charge in [0.05, 0.1) is 57.2 Å². The van der Waals surface area contributed by atoms with E-state index in [1.54, 1.807) is 55.4 Å². The first-order valence-electron chi connectivity index (χ1n) is 19.1. The minimum Gasteiger partial charge on any atom is -0.497 e. The Morgan fingerprint density at radius 3 is 2.36 bits per heavy atom. The number of anilines is 2. The standard InChI is InChI=1S/C45H47N7O7/c1-6-31-25-32(27-33(26-31)44(53)47-19-20-57-23-24-58-22-21-55-4)28-41-46-18-17-43(49-41)59-40-16-15-38(36-9-7-8-10-37(36)40)48-45(54)50-42-29-39(30(2)3)51-52(42)34-11-13-35(56-5)14-12-34/h1,7-18,25-27,29-30H,19-24,28H2,2-5H3,(H,47,53)(H2,48,50,54). The Balaban J connectivity index is 1.11. The molecule has 0 spiro atoms. The van der Waals surface area contributed by atoms with Crippen LogP contribution in [0, 0.1) is 12.3 Å². The van der Waals surface area contributed by atoms with Crippen molar-refractivity contribution in [3.8, 4) is 35.4 Å². The second-order valence-electron chi connectivity index (χ2n) is 13.6. The summed E-state index contributed by atoms with van der Waals surface area (Å²) < 4.78 is 29.2. The molecule has 6 rings (SSSR count). The van der Waals surface area contributed by atoms with E-state index < -0.39 is 6.03 Å². The molecule has 4 aromatic carbocycles. The summed E-state index contributed by atoms with van der Waals surface area (Å²) in [4.78, 5) is 35.6. The van der Waals surface area contributed by atoms with Crippen LogP contribution >= 0.6 is 0 Å². The molecule has 0 aliphatic rings. The lowest BCUT2D eigenvalue weighted by Gasteiger charge is -2.14. The molecule has 0 atom stereocenters. The first kappa shape index (κ1) is 41.8. The fraction of sp³-hybridized carbons (Fsp3) is 0.267. The first-order valence-corrected chi connectivity index (χ1v) is 19.1. The van der Waals surface area contributed by atoms with Crippen LogP contribution in [0.25, 0.3) is 16.5 Å². The van der Waals surface area contributed by atoms with Crippen LogP contribution in [0.3, 0.4) is 0 Å². The zero-order valence-electron chi connectivity index (χ0n) is 33.5. The van der Waals surface area contributed by atoms with Gasteiger partial charge in [-0.3, -0.25) is 10.1 Å². The number of amides is 3. The number of methoxy groups -OCH3 is 2. The molecule has 304 valence electrons. The predicted molar refractivity (Wildman–Crippen MR) is 226 cm³/mol. The molecule has 0 unspecified atom stereocenters. The third kappa shape index (κ3) is 11.4. The maximum Gasteiger partial charge on any atom is 0.324 e. The van der Waals surface area contributed by atoms with E-state index in [2.05, 4.69) is 31.8 Å². The molecule has 59 heavy (non-hydrogen) atoms. The highest BCUT2D eigenvalue weighted by Gasteiger charge is 2.17. The second kappa shape index (κ2) is 20.6. The molecule has 14 heteroatoms. The Morgan fingerprint density at radius 1 is 0.847 bits per heavy atom. The van der Waals surface area contributed by atoms with Crippen LogP contribution in [0.15, 0.2) is 97.2 Å². The summed E-state index contributed by atoms with van der Waals surface area (Å²) in [6.07, 6.45) is 7.66. The monoisotopic (exact) mass is 797 g/mol. The number of fused-ring (bicyclic) bond motifs is 1. The van der Waals surface area contributed by atoms with Crippen molar-refractivity contribution in [3.63, 3.8) is 0 Å². The lowest BCUT2D eigenvalue weighted by molar-refractivity contribution is 0.0255. The second-order valence-corrected chi connectivity index (χ2v) is 13.6. The van der Waals surface area contributed by atoms with E-state index >= 15 is 0 Å². The van der Waals surface area contributed by atoms with Gasteiger partial charge in [-0.05, 0) is 66.1 Å². The largest absolute Gasteiger partial charge is 0.497 e. The highest BCUT2D eigenvalue weighted by Crippen LogP contribution is 2.34. The number of urea groups is 1. The summed E-state index contributed by atoms with van der Waals surface area (Å²) in [7, 11) is 3.23. The van der Waals surface area contributed by atoms with E-state index in [0.29, 0.717) is 86.1 Å². The van der Waals surface area contributed by atoms with Crippen molar-refractivity contribution >= 4 is 34.2 Å². The molecule has 2 aromatic heterocycles. The van der Waals surface area contributed by atoms with Crippen molar-refractivity contribution in [2.24, 2.45) is 0 Å². The van der Waals surface area contributed by atoms with Crippen molar-refractivity contribution in [1.29, 1.82) is 0 Å². The number of terminal acetylenes is 1. The van der Waals surface area contributed by atoms with Gasteiger partial charge >= 0.3 is 6.03 Å². The quantitative estimate of drug-likeness (QED) is 0.0558. The van der Waals surface area contributed by atoms with Gasteiger partial charge in [0.1, 0.15) is 23.1 Å². The van der Waals surface area contributed by atoms with Gasteiger partial charge in [0, 0.05) is 60.3 Å². The van der Waals surface area contributed by atoms with Gasteiger partial charge in [-0.25, -0.2) is 14.5 Å². The molecule has 0 aliphatic heterocycles. The van der Waals surface area contributed by atoms with Crippen LogP contribution in [0.4, 0.5) is 16.3 Å². The number of nitrogens with zero attached hydrogens (tertiary/aromatic N) is 4. The number of aromatic nitrogens is 4. The maximum atomic E-state index is 13.5. The molecule has 0 radical (unpaired) electrons. The number of rotatable bonds is 19. The van der Waals surface area contributed by atoms with Gasteiger partial charge in [0.15, 0.2) is 0 Å². The lowest BCUT2D eigenvalue weighted by atomic mass is 10.0. The summed E-state index contributed by atoms with van der Waals surface area (Å²) >= 11 is 0. The van der Waals surface area contributed by atoms with Crippen LogP contribution < -0.4 is 25.4 Å². The Labute approximate surface area is 343 Å². The molecular formula is C45H47N7O7. The predicted octanol–water partition coefficient (Wildman–Crippen LogP) is 7.37. The van der Waals surface area contributed by atoms with Crippen LogP contribution in [0.2, 0.25) is 0 Å². The number of hydrogen-bond donors (Lipinski definition) is 3. The zero-order chi connectivity index (χ0) is 41.6. The molecule has 6 aromatic rings. The molecule has 2 heterocycles. The molecule has 0 bridgehead atoms. The van der Waals surface area contributed by atoms with Crippen molar-refractivity contribution in [2.45, 2.75) is 26.2 Å². The van der Waals surface area contributed by atoms with Crippen molar-refractivity contribution < 1.29 is 33.3 Å². The van der Waals surface area contributed by atoms with Gasteiger partial charge < -0.3 is 34.3 Å². The molecule has 0 aliphatic carbocycles. The van der Waals surface area contributed by atoms with E-state index in [1.807, 2.05) is 74.5 Å². The average molecular weight is 798 g/mol. The number of carbonyl (C=O) groups excluding carboxylic acids is 2. The molecule has 0 saturated carbocycles. The highest BCUT2D eigenvalue weighted by molar-refractivity contribution is 6.07. The summed E-state index contributed by atoms with van der Waals surface area (Å²) in [6, 6.07) is 27.0. The molecule has 3 N–H and O–H groups in total. The number of carbonyl (C=O) groups is 2. The summed E-state index contributed by atoms with van der Waals surface area (Å²) in [5.41, 5.74) is 3.93. The van der Waals surface area contributed by atoms with E-state index in [9.17, 15) is 9.59 Å². The third-order valence-corrected chi connectivity index (χ3v) is 9.02. The van der Waals surface area contributed by atoms with Gasteiger partial charge in [0.25, 0.3) is 5.91 Å². The smallest absolute Gasteiger partial charge is 0.324 e. The summed E-state index contributed by atoms with van der Waals surface area (Å²) in [5, 5.41) is 15.1. The first-order chi connectivity index (χ1) is 28.7. The van der Waals surface area contributed by atoms with Crippen LogP contribution in [-0.2, 0) is 20.6 Å². The molecule has 14 nitrogen and oxygen atoms in total. The van der Waals surface area contributed by atoms with Crippen molar-refractivity contribution in [3.05, 3.63) is 125 Å². The molecule has 0 saturated heterocycles. The Hall–Kier alpha value is -6.79. The topological polar surface area (TPSA) is 160 Å². The summed E-state index contributed by atoms with van der Waals surface area (Å²) in [5.74, 6) is 5.06. The van der Waals surface area contributed by atoms with Crippen LogP contribution in [0.5, 0.6) is 17.4 Å². The average Bonchev–Trinajstić information content (AvgIpc) is 3.67. The number of nitrogens with one attached hydrogen (secondary N) is 3. The fourth-order valence-corrected chi connectivity index (χ4v) is 6.06. The van der Waals surface area contributed by atoms with E-state index in [4.69, 9.17) is 35.2 Å². The van der Waals surface area contributed by atoms with E-state index in [0.717, 1.165) is 33.5 Å². The third-order valence-electron chi connectivity index (χ3n) is 9.02. The highest BCUT2D eigenvalue weighted by atomic mass is 16.5. The zero-order valence-corrected chi connectivity index (χ0v) is 33.5. The van der Waals surface area contributed by atoms with Crippen molar-refractivity contribution in [2.75, 3.05) is 64.4 Å². The van der Waals surface area contributed by atoms with E-state index in [-0.39, 0.29) is 11.8 Å². The van der Waals surface area contributed by atoms with Gasteiger partial charge in [0.2, 0.25) is 5.88 Å². The van der Waals surface area contributed by atoms with Gasteiger partial charge in [-0.15, -0.1) is 6.42 Å². The van der Waals surface area contributed by atoms with Crippen LogP contribution in [0.1, 0.15) is 52.8 Å². The lowest BCUT2D eigenvalue weighted by Crippen LogP contribution is -2.28. The minimum absolute atomic E-state index is 0.145. The van der Waals surface area contributed by atoms with Gasteiger partial charge in [-0.1, -0.05) is 44.0 Å².